The summed E-state index contributed by atoms with van der Waals surface area (Å²) < 4.78 is 10.5. The lowest BCUT2D eigenvalue weighted by molar-refractivity contribution is 0.142. The first-order valence-corrected chi connectivity index (χ1v) is 10.0. The molecule has 1 aliphatic rings. The summed E-state index contributed by atoms with van der Waals surface area (Å²) in [5.41, 5.74) is 3.64. The fraction of sp³-hybridized carbons (Fsp3) is 0.591. The van der Waals surface area contributed by atoms with Crippen molar-refractivity contribution in [1.29, 1.82) is 0 Å². The second-order valence-corrected chi connectivity index (χ2v) is 7.91. The first-order valence-electron chi connectivity index (χ1n) is 10.0. The Morgan fingerprint density at radius 2 is 2.04 bits per heavy atom. The first-order chi connectivity index (χ1) is 13.0. The van der Waals surface area contributed by atoms with Gasteiger partial charge in [0, 0.05) is 31.7 Å². The molecular formula is C22H33N3O2. The quantitative estimate of drug-likeness (QED) is 0.708. The van der Waals surface area contributed by atoms with E-state index in [4.69, 9.17) is 9.26 Å². The van der Waals surface area contributed by atoms with E-state index in [1.165, 1.54) is 37.1 Å². The third kappa shape index (κ3) is 5.56. The van der Waals surface area contributed by atoms with Crippen LogP contribution in [-0.4, -0.2) is 55.3 Å². The lowest BCUT2D eigenvalue weighted by Gasteiger charge is -2.34. The molecule has 0 radical (unpaired) electrons. The van der Waals surface area contributed by atoms with Crippen molar-refractivity contribution in [2.45, 2.75) is 39.7 Å². The molecule has 1 fully saturated rings. The summed E-state index contributed by atoms with van der Waals surface area (Å²) in [7, 11) is 3.92. The van der Waals surface area contributed by atoms with Gasteiger partial charge in [-0.2, -0.15) is 0 Å². The minimum atomic E-state index is 0.736. The molecule has 1 saturated heterocycles. The van der Waals surface area contributed by atoms with Crippen molar-refractivity contribution < 1.29 is 9.26 Å². The number of aromatic nitrogens is 1. The average molecular weight is 372 g/mol. The molecule has 1 aliphatic heterocycles. The smallest absolute Gasteiger partial charge is 0.138 e. The fourth-order valence-corrected chi connectivity index (χ4v) is 4.09. The second-order valence-electron chi connectivity index (χ2n) is 7.91. The van der Waals surface area contributed by atoms with Crippen LogP contribution in [0.15, 0.2) is 28.8 Å². The van der Waals surface area contributed by atoms with Gasteiger partial charge in [0.05, 0.1) is 12.8 Å². The highest BCUT2D eigenvalue weighted by Gasteiger charge is 2.22. The molecule has 1 aromatic carbocycles. The van der Waals surface area contributed by atoms with E-state index in [-0.39, 0.29) is 0 Å². The van der Waals surface area contributed by atoms with E-state index >= 15 is 0 Å². The topological polar surface area (TPSA) is 41.7 Å². The number of likely N-dealkylation sites (tertiary alicyclic amines) is 1. The molecule has 1 unspecified atom stereocenters. The van der Waals surface area contributed by atoms with Crippen LogP contribution in [0.25, 0.3) is 0 Å². The molecule has 0 spiro atoms. The largest absolute Gasteiger partial charge is 0.497 e. The minimum Gasteiger partial charge on any atom is -0.497 e. The Morgan fingerprint density at radius 1 is 1.26 bits per heavy atom. The van der Waals surface area contributed by atoms with Crippen LogP contribution >= 0.6 is 0 Å². The summed E-state index contributed by atoms with van der Waals surface area (Å²) in [6.07, 6.45) is 3.73. The summed E-state index contributed by atoms with van der Waals surface area (Å²) in [6, 6.07) is 8.46. The summed E-state index contributed by atoms with van der Waals surface area (Å²) in [5, 5.41) is 4.07. The van der Waals surface area contributed by atoms with Crippen LogP contribution in [0.5, 0.6) is 5.75 Å². The molecule has 0 bridgehead atoms. The number of ether oxygens (including phenoxy) is 1. The predicted molar refractivity (Wildman–Crippen MR) is 108 cm³/mol. The van der Waals surface area contributed by atoms with Crippen LogP contribution in [0.2, 0.25) is 0 Å². The molecule has 2 heterocycles. The van der Waals surface area contributed by atoms with E-state index < -0.39 is 0 Å². The molecule has 2 aromatic rings. The number of nitrogens with zero attached hydrogens (tertiary/aromatic N) is 3. The normalized spacial score (nSPS) is 18.2. The highest BCUT2D eigenvalue weighted by atomic mass is 16.5. The zero-order valence-corrected chi connectivity index (χ0v) is 17.2. The summed E-state index contributed by atoms with van der Waals surface area (Å²) in [6.45, 7) is 9.64. The van der Waals surface area contributed by atoms with Gasteiger partial charge in [0.15, 0.2) is 0 Å². The van der Waals surface area contributed by atoms with Gasteiger partial charge < -0.3 is 19.1 Å². The highest BCUT2D eigenvalue weighted by Crippen LogP contribution is 2.20. The van der Waals surface area contributed by atoms with E-state index in [9.17, 15) is 0 Å². The van der Waals surface area contributed by atoms with E-state index in [2.05, 4.69) is 46.3 Å². The van der Waals surface area contributed by atoms with Crippen molar-refractivity contribution >= 4 is 0 Å². The van der Waals surface area contributed by atoms with Crippen LogP contribution < -0.4 is 4.74 Å². The van der Waals surface area contributed by atoms with E-state index in [1.807, 2.05) is 13.8 Å². The minimum absolute atomic E-state index is 0.736. The van der Waals surface area contributed by atoms with Gasteiger partial charge in [0.1, 0.15) is 11.5 Å². The van der Waals surface area contributed by atoms with Gasteiger partial charge in [0.25, 0.3) is 0 Å². The van der Waals surface area contributed by atoms with E-state index in [0.717, 1.165) is 49.2 Å². The third-order valence-corrected chi connectivity index (χ3v) is 5.66. The summed E-state index contributed by atoms with van der Waals surface area (Å²) in [4.78, 5) is 5.05. The van der Waals surface area contributed by atoms with Crippen LogP contribution in [0.4, 0.5) is 0 Å². The van der Waals surface area contributed by atoms with Crippen LogP contribution in [0.1, 0.15) is 35.4 Å². The fourth-order valence-electron chi connectivity index (χ4n) is 4.09. The van der Waals surface area contributed by atoms with Crippen molar-refractivity contribution in [1.82, 2.24) is 15.0 Å². The number of aryl methyl sites for hydroxylation is 2. The number of hydrogen-bond acceptors (Lipinski definition) is 5. The lowest BCUT2D eigenvalue weighted by atomic mass is 9.97. The first kappa shape index (κ1) is 19.9. The molecule has 27 heavy (non-hydrogen) atoms. The van der Waals surface area contributed by atoms with Gasteiger partial charge in [-0.05, 0) is 70.3 Å². The number of benzene rings is 1. The number of hydrogen-bond donors (Lipinski definition) is 0. The molecule has 5 heteroatoms. The van der Waals surface area contributed by atoms with Gasteiger partial charge in [0.2, 0.25) is 0 Å². The lowest BCUT2D eigenvalue weighted by Crippen LogP contribution is -2.40. The van der Waals surface area contributed by atoms with E-state index in [1.54, 1.807) is 7.11 Å². The highest BCUT2D eigenvalue weighted by molar-refractivity contribution is 5.27. The van der Waals surface area contributed by atoms with Crippen molar-refractivity contribution in [3.05, 3.63) is 46.8 Å². The molecule has 5 nitrogen and oxygen atoms in total. The molecular weight excluding hydrogens is 338 g/mol. The van der Waals surface area contributed by atoms with Gasteiger partial charge in [-0.3, -0.25) is 0 Å². The Balaban J connectivity index is 1.45. The van der Waals surface area contributed by atoms with Crippen molar-refractivity contribution in [2.24, 2.45) is 5.92 Å². The molecule has 148 valence electrons. The van der Waals surface area contributed by atoms with Gasteiger partial charge in [-0.25, -0.2) is 0 Å². The SMILES string of the molecule is COc1ccc(CCN2CCCC(CN(C)Cc3c(C)noc3C)C2)cc1. The molecule has 1 atom stereocenters. The van der Waals surface area contributed by atoms with E-state index in [0.29, 0.717) is 0 Å². The van der Waals surface area contributed by atoms with Crippen molar-refractivity contribution in [3.8, 4) is 5.75 Å². The molecule has 0 saturated carbocycles. The zero-order valence-electron chi connectivity index (χ0n) is 17.2. The predicted octanol–water partition coefficient (Wildman–Crippen LogP) is 3.69. The maximum Gasteiger partial charge on any atom is 0.138 e. The monoisotopic (exact) mass is 371 g/mol. The molecule has 0 N–H and O–H groups in total. The molecule has 1 aromatic heterocycles. The zero-order chi connectivity index (χ0) is 19.2. The van der Waals surface area contributed by atoms with Gasteiger partial charge >= 0.3 is 0 Å². The Bertz CT molecular complexity index is 691. The Kier molecular flexibility index (Phi) is 6.91. The number of methoxy groups -OCH3 is 1. The molecule has 0 aliphatic carbocycles. The van der Waals surface area contributed by atoms with Crippen LogP contribution in [0.3, 0.4) is 0 Å². The number of rotatable bonds is 8. The Morgan fingerprint density at radius 3 is 2.70 bits per heavy atom. The Hall–Kier alpha value is -1.85. The summed E-state index contributed by atoms with van der Waals surface area (Å²) in [5.74, 6) is 2.61. The summed E-state index contributed by atoms with van der Waals surface area (Å²) >= 11 is 0. The van der Waals surface area contributed by atoms with Crippen LogP contribution in [-0.2, 0) is 13.0 Å². The standard InChI is InChI=1S/C22H33N3O2/c1-17-22(18(2)27-23-17)16-24(3)14-20-6-5-12-25(15-20)13-11-19-7-9-21(26-4)10-8-19/h7-10,20H,5-6,11-16H2,1-4H3. The molecule has 3 rings (SSSR count). The third-order valence-electron chi connectivity index (χ3n) is 5.66. The van der Waals surface area contributed by atoms with Crippen molar-refractivity contribution in [3.63, 3.8) is 0 Å². The van der Waals surface area contributed by atoms with Crippen LogP contribution in [0, 0.1) is 19.8 Å². The van der Waals surface area contributed by atoms with Gasteiger partial charge in [-0.1, -0.05) is 17.3 Å². The average Bonchev–Trinajstić information content (AvgIpc) is 2.99. The molecule has 0 amide bonds. The Labute approximate surface area is 163 Å². The van der Waals surface area contributed by atoms with Gasteiger partial charge in [-0.15, -0.1) is 0 Å². The second kappa shape index (κ2) is 9.38. The number of piperidine rings is 1. The van der Waals surface area contributed by atoms with Crippen molar-refractivity contribution in [2.75, 3.05) is 40.3 Å². The maximum absolute atomic E-state index is 5.30. The maximum atomic E-state index is 5.30.